The first-order valence-corrected chi connectivity index (χ1v) is 6.77. The van der Waals surface area contributed by atoms with Crippen LogP contribution < -0.4 is 11.1 Å². The van der Waals surface area contributed by atoms with Crippen molar-refractivity contribution in [3.8, 4) is 0 Å². The average molecular weight is 242 g/mol. The van der Waals surface area contributed by atoms with Gasteiger partial charge in [0.1, 0.15) is 0 Å². The maximum atomic E-state index is 11.4. The second kappa shape index (κ2) is 7.67. The molecule has 1 aliphatic rings. The molecule has 0 spiro atoms. The number of nitrogens with two attached hydrogens (primary N) is 1. The lowest BCUT2D eigenvalue weighted by Gasteiger charge is -2.29. The molecule has 1 saturated carbocycles. The highest BCUT2D eigenvalue weighted by molar-refractivity contribution is 5.76. The summed E-state index contributed by atoms with van der Waals surface area (Å²) in [5, 5.41) is 3.02. The van der Waals surface area contributed by atoms with E-state index in [1.807, 2.05) is 6.92 Å². The molecule has 1 rings (SSSR count). The topological polar surface area (TPSA) is 64.3 Å². The van der Waals surface area contributed by atoms with Crippen LogP contribution >= 0.6 is 0 Å². The van der Waals surface area contributed by atoms with Crippen LogP contribution in [0.25, 0.3) is 0 Å². The summed E-state index contributed by atoms with van der Waals surface area (Å²) in [6, 6.07) is 0. The van der Waals surface area contributed by atoms with Gasteiger partial charge in [-0.3, -0.25) is 4.79 Å². The summed E-state index contributed by atoms with van der Waals surface area (Å²) in [4.78, 5) is 11.4. The van der Waals surface area contributed by atoms with Crippen LogP contribution in [-0.2, 0) is 9.53 Å². The standard InChI is InChI=1S/C13H26N2O2/c1-2-17-10-8-13(6-3-4-7-13)11-15-12(16)5-9-14/h2-11,14H2,1H3,(H,15,16). The van der Waals surface area contributed by atoms with Gasteiger partial charge >= 0.3 is 0 Å². The average Bonchev–Trinajstić information content (AvgIpc) is 2.77. The Labute approximate surface area is 104 Å². The third-order valence-corrected chi connectivity index (χ3v) is 3.68. The van der Waals surface area contributed by atoms with E-state index in [0.29, 0.717) is 13.0 Å². The van der Waals surface area contributed by atoms with E-state index < -0.39 is 0 Å². The van der Waals surface area contributed by atoms with Crippen LogP contribution in [-0.4, -0.2) is 32.2 Å². The monoisotopic (exact) mass is 242 g/mol. The number of nitrogens with one attached hydrogen (secondary N) is 1. The lowest BCUT2D eigenvalue weighted by molar-refractivity contribution is -0.121. The number of ether oxygens (including phenoxy) is 1. The molecule has 0 unspecified atom stereocenters. The number of amides is 1. The SMILES string of the molecule is CCOCCC1(CNC(=O)CCN)CCCC1. The Morgan fingerprint density at radius 1 is 1.41 bits per heavy atom. The summed E-state index contributed by atoms with van der Waals surface area (Å²) in [6.07, 6.45) is 6.47. The Hall–Kier alpha value is -0.610. The predicted octanol–water partition coefficient (Wildman–Crippen LogP) is 1.44. The van der Waals surface area contributed by atoms with E-state index in [4.69, 9.17) is 10.5 Å². The van der Waals surface area contributed by atoms with Gasteiger partial charge in [-0.2, -0.15) is 0 Å². The van der Waals surface area contributed by atoms with Gasteiger partial charge in [-0.1, -0.05) is 12.8 Å². The van der Waals surface area contributed by atoms with E-state index in [9.17, 15) is 4.79 Å². The summed E-state index contributed by atoms with van der Waals surface area (Å²) in [7, 11) is 0. The maximum absolute atomic E-state index is 11.4. The predicted molar refractivity (Wildman–Crippen MR) is 68.7 cm³/mol. The van der Waals surface area contributed by atoms with Gasteiger partial charge in [0.05, 0.1) is 0 Å². The molecule has 3 N–H and O–H groups in total. The van der Waals surface area contributed by atoms with E-state index in [2.05, 4.69) is 5.32 Å². The zero-order valence-corrected chi connectivity index (χ0v) is 11.0. The summed E-state index contributed by atoms with van der Waals surface area (Å²) in [5.74, 6) is 0.0789. The molecular formula is C13H26N2O2. The van der Waals surface area contributed by atoms with Crippen molar-refractivity contribution >= 4 is 5.91 Å². The third-order valence-electron chi connectivity index (χ3n) is 3.68. The fourth-order valence-corrected chi connectivity index (χ4v) is 2.58. The Morgan fingerprint density at radius 2 is 2.12 bits per heavy atom. The summed E-state index contributed by atoms with van der Waals surface area (Å²) in [5.41, 5.74) is 5.64. The molecule has 100 valence electrons. The normalized spacial score (nSPS) is 18.2. The number of carbonyl (C=O) groups is 1. The van der Waals surface area contributed by atoms with Crippen molar-refractivity contribution in [3.05, 3.63) is 0 Å². The van der Waals surface area contributed by atoms with Crippen LogP contribution in [0.5, 0.6) is 0 Å². The molecule has 0 aromatic heterocycles. The quantitative estimate of drug-likeness (QED) is 0.633. The number of carbonyl (C=O) groups excluding carboxylic acids is 1. The first-order valence-electron chi connectivity index (χ1n) is 6.77. The fraction of sp³-hybridized carbons (Fsp3) is 0.923. The van der Waals surface area contributed by atoms with Crippen molar-refractivity contribution in [1.82, 2.24) is 5.32 Å². The smallest absolute Gasteiger partial charge is 0.221 e. The van der Waals surface area contributed by atoms with Crippen LogP contribution in [0.4, 0.5) is 0 Å². The molecule has 0 heterocycles. The minimum atomic E-state index is 0.0789. The zero-order chi connectivity index (χ0) is 12.6. The van der Waals surface area contributed by atoms with Crippen LogP contribution in [0, 0.1) is 5.41 Å². The van der Waals surface area contributed by atoms with Gasteiger partial charge in [0.2, 0.25) is 5.91 Å². The molecule has 0 saturated heterocycles. The van der Waals surface area contributed by atoms with Crippen molar-refractivity contribution < 1.29 is 9.53 Å². The minimum Gasteiger partial charge on any atom is -0.382 e. The summed E-state index contributed by atoms with van der Waals surface area (Å²) < 4.78 is 5.44. The first-order chi connectivity index (χ1) is 8.22. The maximum Gasteiger partial charge on any atom is 0.221 e. The van der Waals surface area contributed by atoms with Gasteiger partial charge in [0, 0.05) is 32.7 Å². The van der Waals surface area contributed by atoms with Crippen LogP contribution in [0.2, 0.25) is 0 Å². The second-order valence-corrected chi connectivity index (χ2v) is 4.97. The van der Waals surface area contributed by atoms with Crippen molar-refractivity contribution in [2.24, 2.45) is 11.1 Å². The molecule has 0 bridgehead atoms. The second-order valence-electron chi connectivity index (χ2n) is 4.97. The van der Waals surface area contributed by atoms with E-state index in [-0.39, 0.29) is 11.3 Å². The Kier molecular flexibility index (Phi) is 6.52. The zero-order valence-electron chi connectivity index (χ0n) is 11.0. The van der Waals surface area contributed by atoms with Crippen molar-refractivity contribution in [2.75, 3.05) is 26.3 Å². The molecule has 4 heteroatoms. The van der Waals surface area contributed by atoms with E-state index in [0.717, 1.165) is 26.2 Å². The number of hydrogen-bond donors (Lipinski definition) is 2. The lowest BCUT2D eigenvalue weighted by Crippen LogP contribution is -2.37. The molecule has 0 aromatic rings. The van der Waals surface area contributed by atoms with Crippen molar-refractivity contribution in [1.29, 1.82) is 0 Å². The number of rotatable bonds is 8. The van der Waals surface area contributed by atoms with Crippen LogP contribution in [0.3, 0.4) is 0 Å². The molecule has 0 aromatic carbocycles. The van der Waals surface area contributed by atoms with Gasteiger partial charge in [-0.25, -0.2) is 0 Å². The lowest BCUT2D eigenvalue weighted by atomic mass is 9.83. The fourth-order valence-electron chi connectivity index (χ4n) is 2.58. The summed E-state index contributed by atoms with van der Waals surface area (Å²) >= 11 is 0. The van der Waals surface area contributed by atoms with Gasteiger partial charge < -0.3 is 15.8 Å². The molecule has 0 radical (unpaired) electrons. The molecule has 1 fully saturated rings. The van der Waals surface area contributed by atoms with Gasteiger partial charge in [-0.15, -0.1) is 0 Å². The molecule has 1 aliphatic carbocycles. The van der Waals surface area contributed by atoms with Gasteiger partial charge in [0.15, 0.2) is 0 Å². The Balaban J connectivity index is 2.34. The Bertz CT molecular complexity index is 225. The molecule has 0 atom stereocenters. The molecule has 0 aliphatic heterocycles. The van der Waals surface area contributed by atoms with Gasteiger partial charge in [-0.05, 0) is 31.6 Å². The minimum absolute atomic E-state index is 0.0789. The highest BCUT2D eigenvalue weighted by atomic mass is 16.5. The molecule has 1 amide bonds. The largest absolute Gasteiger partial charge is 0.382 e. The molecule has 4 nitrogen and oxygen atoms in total. The van der Waals surface area contributed by atoms with E-state index in [1.54, 1.807) is 0 Å². The molecule has 17 heavy (non-hydrogen) atoms. The van der Waals surface area contributed by atoms with E-state index in [1.165, 1.54) is 25.7 Å². The van der Waals surface area contributed by atoms with Gasteiger partial charge in [0.25, 0.3) is 0 Å². The third kappa shape index (κ3) is 5.04. The molecular weight excluding hydrogens is 216 g/mol. The Morgan fingerprint density at radius 3 is 2.71 bits per heavy atom. The van der Waals surface area contributed by atoms with Crippen LogP contribution in [0.1, 0.15) is 45.4 Å². The van der Waals surface area contributed by atoms with Crippen LogP contribution in [0.15, 0.2) is 0 Å². The van der Waals surface area contributed by atoms with E-state index >= 15 is 0 Å². The highest BCUT2D eigenvalue weighted by Crippen LogP contribution is 2.40. The number of hydrogen-bond acceptors (Lipinski definition) is 3. The highest BCUT2D eigenvalue weighted by Gasteiger charge is 2.33. The van der Waals surface area contributed by atoms with Crippen molar-refractivity contribution in [3.63, 3.8) is 0 Å². The van der Waals surface area contributed by atoms with Crippen molar-refractivity contribution in [2.45, 2.75) is 45.4 Å². The summed E-state index contributed by atoms with van der Waals surface area (Å²) in [6.45, 7) is 4.82. The first kappa shape index (κ1) is 14.5.